The summed E-state index contributed by atoms with van der Waals surface area (Å²) in [6.45, 7) is 2.50. The van der Waals surface area contributed by atoms with Crippen molar-refractivity contribution in [1.82, 2.24) is 5.32 Å². The number of benzene rings is 1. The highest BCUT2D eigenvalue weighted by Crippen LogP contribution is 2.15. The lowest BCUT2D eigenvalue weighted by Crippen LogP contribution is -2.25. The van der Waals surface area contributed by atoms with E-state index >= 15 is 0 Å². The van der Waals surface area contributed by atoms with E-state index in [9.17, 15) is 14.9 Å². The van der Waals surface area contributed by atoms with Crippen LogP contribution in [-0.2, 0) is 4.79 Å². The molecule has 0 radical (unpaired) electrons. The number of nitrogens with zero attached hydrogens (tertiary/aromatic N) is 2. The first-order valence-electron chi connectivity index (χ1n) is 6.23. The van der Waals surface area contributed by atoms with Gasteiger partial charge in [0.25, 0.3) is 11.6 Å². The van der Waals surface area contributed by atoms with Crippen LogP contribution in [0.5, 0.6) is 0 Å². The Kier molecular flexibility index (Phi) is 5.91. The van der Waals surface area contributed by atoms with E-state index in [2.05, 4.69) is 5.32 Å². The normalized spacial score (nSPS) is 10.7. The minimum Gasteiger partial charge on any atom is -0.351 e. The molecule has 0 aromatic heterocycles. The molecule has 0 aliphatic rings. The van der Waals surface area contributed by atoms with Gasteiger partial charge in [-0.15, -0.1) is 0 Å². The molecule has 6 heteroatoms. The highest BCUT2D eigenvalue weighted by atomic mass is 16.6. The lowest BCUT2D eigenvalue weighted by Gasteiger charge is -2.02. The Morgan fingerprint density at radius 1 is 1.55 bits per heavy atom. The largest absolute Gasteiger partial charge is 0.351 e. The number of unbranched alkanes of at least 4 members (excludes halogenated alkanes) is 1. The smallest absolute Gasteiger partial charge is 0.270 e. The number of hydrogen-bond acceptors (Lipinski definition) is 4. The second-order valence-electron chi connectivity index (χ2n) is 4.13. The third kappa shape index (κ3) is 4.53. The highest BCUT2D eigenvalue weighted by Gasteiger charge is 2.10. The molecule has 1 amide bonds. The molecular weight excluding hydrogens is 258 g/mol. The van der Waals surface area contributed by atoms with E-state index in [0.29, 0.717) is 12.1 Å². The molecule has 1 N–H and O–H groups in total. The average Bonchev–Trinajstić information content (AvgIpc) is 2.45. The molecule has 0 heterocycles. The van der Waals surface area contributed by atoms with E-state index in [-0.39, 0.29) is 11.3 Å². The van der Waals surface area contributed by atoms with Gasteiger partial charge in [0.1, 0.15) is 11.6 Å². The van der Waals surface area contributed by atoms with Gasteiger partial charge in [-0.3, -0.25) is 14.9 Å². The van der Waals surface area contributed by atoms with Crippen molar-refractivity contribution in [2.24, 2.45) is 0 Å². The van der Waals surface area contributed by atoms with Crippen LogP contribution in [0, 0.1) is 21.4 Å². The number of amides is 1. The zero-order valence-corrected chi connectivity index (χ0v) is 11.1. The minimum absolute atomic E-state index is 0.0680. The van der Waals surface area contributed by atoms with Crippen LogP contribution >= 0.6 is 0 Å². The topological polar surface area (TPSA) is 96.0 Å². The van der Waals surface area contributed by atoms with Crippen LogP contribution in [0.4, 0.5) is 5.69 Å². The van der Waals surface area contributed by atoms with Crippen molar-refractivity contribution < 1.29 is 9.72 Å². The molecule has 0 spiro atoms. The number of nitro benzene ring substituents is 1. The fraction of sp³-hybridized carbons (Fsp3) is 0.286. The summed E-state index contributed by atoms with van der Waals surface area (Å²) in [5.74, 6) is -0.465. The maximum Gasteiger partial charge on any atom is 0.270 e. The Hall–Kier alpha value is -2.68. The van der Waals surface area contributed by atoms with Crippen molar-refractivity contribution in [3.05, 3.63) is 45.5 Å². The molecular formula is C14H15N3O3. The van der Waals surface area contributed by atoms with Gasteiger partial charge in [0, 0.05) is 18.7 Å². The van der Waals surface area contributed by atoms with Crippen molar-refractivity contribution in [1.29, 1.82) is 5.26 Å². The predicted molar refractivity (Wildman–Crippen MR) is 74.6 cm³/mol. The van der Waals surface area contributed by atoms with Crippen LogP contribution < -0.4 is 5.32 Å². The van der Waals surface area contributed by atoms with Crippen molar-refractivity contribution in [3.63, 3.8) is 0 Å². The molecule has 0 saturated heterocycles. The first kappa shape index (κ1) is 15.4. The Labute approximate surface area is 116 Å². The summed E-state index contributed by atoms with van der Waals surface area (Å²) in [5, 5.41) is 22.3. The van der Waals surface area contributed by atoms with Gasteiger partial charge in [-0.1, -0.05) is 25.5 Å². The predicted octanol–water partition coefficient (Wildman–Crippen LogP) is 2.42. The molecule has 104 valence electrons. The molecule has 20 heavy (non-hydrogen) atoms. The van der Waals surface area contributed by atoms with Gasteiger partial charge in [-0.05, 0) is 18.1 Å². The molecule has 1 aromatic rings. The number of nitrogens with one attached hydrogen (secondary N) is 1. The maximum absolute atomic E-state index is 11.7. The van der Waals surface area contributed by atoms with Crippen LogP contribution in [0.15, 0.2) is 29.8 Å². The zero-order valence-electron chi connectivity index (χ0n) is 11.1. The average molecular weight is 273 g/mol. The van der Waals surface area contributed by atoms with Gasteiger partial charge in [-0.25, -0.2) is 0 Å². The van der Waals surface area contributed by atoms with Gasteiger partial charge < -0.3 is 5.32 Å². The van der Waals surface area contributed by atoms with Crippen LogP contribution in [0.3, 0.4) is 0 Å². The first-order chi connectivity index (χ1) is 9.58. The van der Waals surface area contributed by atoms with Gasteiger partial charge >= 0.3 is 0 Å². The van der Waals surface area contributed by atoms with E-state index in [1.54, 1.807) is 12.1 Å². The van der Waals surface area contributed by atoms with E-state index in [1.807, 2.05) is 6.92 Å². The SMILES string of the molecule is CCCCNC(=O)/C(C#N)=C/c1cccc([N+](=O)[O-])c1. The lowest BCUT2D eigenvalue weighted by atomic mass is 10.1. The summed E-state index contributed by atoms with van der Waals surface area (Å²) in [6, 6.07) is 7.58. The Morgan fingerprint density at radius 3 is 2.90 bits per heavy atom. The number of nitriles is 1. The Balaban J connectivity index is 2.89. The molecule has 1 aromatic carbocycles. The van der Waals surface area contributed by atoms with Crippen molar-refractivity contribution in [3.8, 4) is 6.07 Å². The van der Waals surface area contributed by atoms with E-state index < -0.39 is 10.8 Å². The molecule has 0 bridgehead atoms. The third-order valence-corrected chi connectivity index (χ3v) is 2.57. The summed E-state index contributed by atoms with van der Waals surface area (Å²) in [7, 11) is 0. The molecule has 0 atom stereocenters. The Bertz CT molecular complexity index is 573. The quantitative estimate of drug-likeness (QED) is 0.283. The summed E-state index contributed by atoms with van der Waals surface area (Å²) in [6.07, 6.45) is 3.12. The standard InChI is InChI=1S/C14H15N3O3/c1-2-3-7-16-14(18)12(10-15)8-11-5-4-6-13(9-11)17(19)20/h4-6,8-9H,2-3,7H2,1H3,(H,16,18)/b12-8+. The van der Waals surface area contributed by atoms with E-state index in [4.69, 9.17) is 5.26 Å². The van der Waals surface area contributed by atoms with Crippen LogP contribution in [0.1, 0.15) is 25.3 Å². The summed E-state index contributed by atoms with van der Waals surface area (Å²) in [4.78, 5) is 21.9. The molecule has 0 aliphatic carbocycles. The number of carbonyl (C=O) groups is 1. The van der Waals surface area contributed by atoms with E-state index in [1.165, 1.54) is 24.3 Å². The third-order valence-electron chi connectivity index (χ3n) is 2.57. The molecule has 0 fully saturated rings. The highest BCUT2D eigenvalue weighted by molar-refractivity contribution is 6.01. The minimum atomic E-state index is -0.523. The van der Waals surface area contributed by atoms with Gasteiger partial charge in [0.05, 0.1) is 4.92 Å². The first-order valence-corrected chi connectivity index (χ1v) is 6.23. The van der Waals surface area contributed by atoms with Crippen molar-refractivity contribution >= 4 is 17.7 Å². The molecule has 1 rings (SSSR count). The number of carbonyl (C=O) groups excluding carboxylic acids is 1. The number of rotatable bonds is 6. The molecule has 0 saturated carbocycles. The second kappa shape index (κ2) is 7.69. The molecule has 0 aliphatic heterocycles. The summed E-state index contributed by atoms with van der Waals surface area (Å²) >= 11 is 0. The monoisotopic (exact) mass is 273 g/mol. The van der Waals surface area contributed by atoms with Gasteiger partial charge in [0.2, 0.25) is 0 Å². The zero-order chi connectivity index (χ0) is 15.0. The Morgan fingerprint density at radius 2 is 2.30 bits per heavy atom. The van der Waals surface area contributed by atoms with Crippen LogP contribution in [0.25, 0.3) is 6.08 Å². The fourth-order valence-electron chi connectivity index (χ4n) is 1.52. The fourth-order valence-corrected chi connectivity index (χ4v) is 1.52. The number of hydrogen-bond donors (Lipinski definition) is 1. The van der Waals surface area contributed by atoms with Gasteiger partial charge in [0.15, 0.2) is 0 Å². The van der Waals surface area contributed by atoms with Crippen LogP contribution in [0.2, 0.25) is 0 Å². The van der Waals surface area contributed by atoms with E-state index in [0.717, 1.165) is 12.8 Å². The second-order valence-corrected chi connectivity index (χ2v) is 4.13. The summed E-state index contributed by atoms with van der Waals surface area (Å²) in [5.41, 5.74) is 0.297. The molecule has 6 nitrogen and oxygen atoms in total. The lowest BCUT2D eigenvalue weighted by molar-refractivity contribution is -0.384. The van der Waals surface area contributed by atoms with Crippen molar-refractivity contribution in [2.45, 2.75) is 19.8 Å². The van der Waals surface area contributed by atoms with Crippen LogP contribution in [-0.4, -0.2) is 17.4 Å². The molecule has 0 unspecified atom stereocenters. The maximum atomic E-state index is 11.7. The summed E-state index contributed by atoms with van der Waals surface area (Å²) < 4.78 is 0. The van der Waals surface area contributed by atoms with Crippen molar-refractivity contribution in [2.75, 3.05) is 6.54 Å². The number of non-ortho nitro benzene ring substituents is 1. The van der Waals surface area contributed by atoms with Gasteiger partial charge in [-0.2, -0.15) is 5.26 Å². The number of nitro groups is 1.